The van der Waals surface area contributed by atoms with Crippen molar-refractivity contribution in [3.05, 3.63) is 64.1 Å². The van der Waals surface area contributed by atoms with Crippen molar-refractivity contribution in [2.45, 2.75) is 6.04 Å². The summed E-state index contributed by atoms with van der Waals surface area (Å²) in [6, 6.07) is 13.0. The van der Waals surface area contributed by atoms with Gasteiger partial charge in [0, 0.05) is 12.6 Å². The summed E-state index contributed by atoms with van der Waals surface area (Å²) in [5, 5.41) is 12.1. The first-order valence-electron chi connectivity index (χ1n) is 7.48. The highest BCUT2D eigenvalue weighted by Crippen LogP contribution is 2.25. The van der Waals surface area contributed by atoms with Crippen molar-refractivity contribution in [1.29, 1.82) is 5.26 Å². The molecular weight excluding hydrogens is 322 g/mol. The van der Waals surface area contributed by atoms with Crippen LogP contribution in [0, 0.1) is 11.3 Å². The van der Waals surface area contributed by atoms with Gasteiger partial charge >= 0.3 is 5.76 Å². The number of benzene rings is 2. The summed E-state index contributed by atoms with van der Waals surface area (Å²) in [5.41, 5.74) is 1.42. The molecule has 25 heavy (non-hydrogen) atoms. The lowest BCUT2D eigenvalue weighted by atomic mass is 10.1. The SMILES string of the molecule is COc1ccccc1C(C#N)NC(=O)c1cccc2c1oc(=O)n2C. The average molecular weight is 337 g/mol. The minimum atomic E-state index is -0.908. The molecule has 0 aliphatic rings. The Labute approximate surface area is 143 Å². The monoisotopic (exact) mass is 337 g/mol. The van der Waals surface area contributed by atoms with Gasteiger partial charge in [-0.15, -0.1) is 0 Å². The highest BCUT2D eigenvalue weighted by molar-refractivity contribution is 6.04. The minimum absolute atomic E-state index is 0.184. The predicted molar refractivity (Wildman–Crippen MR) is 90.3 cm³/mol. The van der Waals surface area contributed by atoms with Gasteiger partial charge in [-0.1, -0.05) is 24.3 Å². The molecule has 1 unspecified atom stereocenters. The third kappa shape index (κ3) is 2.85. The van der Waals surface area contributed by atoms with Crippen molar-refractivity contribution in [3.8, 4) is 11.8 Å². The number of nitriles is 1. The Morgan fingerprint density at radius 1 is 1.28 bits per heavy atom. The van der Waals surface area contributed by atoms with Crippen LogP contribution < -0.4 is 15.8 Å². The van der Waals surface area contributed by atoms with Crippen LogP contribution in [0.4, 0.5) is 0 Å². The second kappa shape index (κ2) is 6.53. The number of para-hydroxylation sites is 2. The standard InChI is InChI=1S/C18H15N3O4/c1-21-14-8-5-7-12(16(14)25-18(21)23)17(22)20-13(10-19)11-6-3-4-9-15(11)24-2/h3-9,13H,1-2H3,(H,20,22). The molecule has 1 heterocycles. The van der Waals surface area contributed by atoms with Gasteiger partial charge in [-0.25, -0.2) is 4.79 Å². The van der Waals surface area contributed by atoms with Crippen LogP contribution in [-0.2, 0) is 7.05 Å². The molecule has 0 aliphatic carbocycles. The second-order valence-electron chi connectivity index (χ2n) is 5.36. The third-order valence-corrected chi connectivity index (χ3v) is 3.92. The molecule has 7 nitrogen and oxygen atoms in total. The van der Waals surface area contributed by atoms with Crippen LogP contribution in [0.25, 0.3) is 11.1 Å². The van der Waals surface area contributed by atoms with Crippen molar-refractivity contribution in [2.75, 3.05) is 7.11 Å². The van der Waals surface area contributed by atoms with Crippen molar-refractivity contribution in [2.24, 2.45) is 7.05 Å². The number of nitrogens with one attached hydrogen (secondary N) is 1. The van der Waals surface area contributed by atoms with Crippen LogP contribution in [0.15, 0.2) is 51.7 Å². The van der Waals surface area contributed by atoms with Gasteiger partial charge in [0.2, 0.25) is 0 Å². The lowest BCUT2D eigenvalue weighted by molar-refractivity contribution is 0.0945. The molecule has 0 aliphatic heterocycles. The van der Waals surface area contributed by atoms with Crippen LogP contribution in [0.5, 0.6) is 5.75 Å². The fourth-order valence-electron chi connectivity index (χ4n) is 2.62. The van der Waals surface area contributed by atoms with E-state index in [2.05, 4.69) is 5.32 Å². The number of aryl methyl sites for hydroxylation is 1. The van der Waals surface area contributed by atoms with Gasteiger partial charge in [0.25, 0.3) is 5.91 Å². The molecule has 1 atom stereocenters. The number of carbonyl (C=O) groups excluding carboxylic acids is 1. The number of rotatable bonds is 4. The van der Waals surface area contributed by atoms with Crippen LogP contribution in [0.3, 0.4) is 0 Å². The van der Waals surface area contributed by atoms with E-state index in [1.165, 1.54) is 17.7 Å². The highest BCUT2D eigenvalue weighted by atomic mass is 16.5. The summed E-state index contributed by atoms with van der Waals surface area (Å²) < 4.78 is 11.7. The van der Waals surface area contributed by atoms with E-state index in [9.17, 15) is 14.9 Å². The van der Waals surface area contributed by atoms with Gasteiger partial charge in [-0.2, -0.15) is 5.26 Å². The molecule has 3 rings (SSSR count). The Hall–Kier alpha value is -3.53. The number of hydrogen-bond donors (Lipinski definition) is 1. The van der Waals surface area contributed by atoms with E-state index in [1.807, 2.05) is 6.07 Å². The summed E-state index contributed by atoms with van der Waals surface area (Å²) in [7, 11) is 3.05. The second-order valence-corrected chi connectivity index (χ2v) is 5.36. The predicted octanol–water partition coefficient (Wildman–Crippen LogP) is 2.13. The Bertz CT molecular complexity index is 1040. The molecule has 0 radical (unpaired) electrons. The zero-order valence-corrected chi connectivity index (χ0v) is 13.6. The van der Waals surface area contributed by atoms with Crippen molar-refractivity contribution >= 4 is 17.0 Å². The van der Waals surface area contributed by atoms with Gasteiger partial charge in [-0.3, -0.25) is 9.36 Å². The van der Waals surface area contributed by atoms with Gasteiger partial charge < -0.3 is 14.5 Å². The Balaban J connectivity index is 1.98. The molecule has 0 bridgehead atoms. The molecule has 126 valence electrons. The van der Waals surface area contributed by atoms with Crippen LogP contribution in [0.2, 0.25) is 0 Å². The number of hydrogen-bond acceptors (Lipinski definition) is 5. The maximum atomic E-state index is 12.6. The number of fused-ring (bicyclic) bond motifs is 1. The first-order valence-corrected chi connectivity index (χ1v) is 7.48. The number of amides is 1. The average Bonchev–Trinajstić information content (AvgIpc) is 2.93. The molecule has 0 fully saturated rings. The van der Waals surface area contributed by atoms with E-state index in [0.717, 1.165) is 0 Å². The van der Waals surface area contributed by atoms with Gasteiger partial charge in [0.1, 0.15) is 11.8 Å². The molecule has 1 aromatic heterocycles. The topological polar surface area (TPSA) is 97.3 Å². The molecule has 7 heteroatoms. The molecule has 2 aromatic carbocycles. The normalized spacial score (nSPS) is 11.7. The van der Waals surface area contributed by atoms with Crippen molar-refractivity contribution in [1.82, 2.24) is 9.88 Å². The van der Waals surface area contributed by atoms with E-state index in [1.54, 1.807) is 43.4 Å². The number of nitrogens with zero attached hydrogens (tertiary/aromatic N) is 2. The fourth-order valence-corrected chi connectivity index (χ4v) is 2.62. The van der Waals surface area contributed by atoms with Crippen molar-refractivity contribution < 1.29 is 13.9 Å². The lowest BCUT2D eigenvalue weighted by Gasteiger charge is -2.15. The number of aromatic nitrogens is 1. The highest BCUT2D eigenvalue weighted by Gasteiger charge is 2.21. The molecule has 0 saturated carbocycles. The zero-order chi connectivity index (χ0) is 18.0. The van der Waals surface area contributed by atoms with E-state index >= 15 is 0 Å². The van der Waals surface area contributed by atoms with Gasteiger partial charge in [-0.05, 0) is 18.2 Å². The van der Waals surface area contributed by atoms with E-state index < -0.39 is 17.7 Å². The Morgan fingerprint density at radius 3 is 2.76 bits per heavy atom. The first-order chi connectivity index (χ1) is 12.1. The molecular formula is C18H15N3O4. The maximum Gasteiger partial charge on any atom is 0.419 e. The van der Waals surface area contributed by atoms with Crippen LogP contribution >= 0.6 is 0 Å². The molecule has 0 saturated heterocycles. The minimum Gasteiger partial charge on any atom is -0.496 e. The van der Waals surface area contributed by atoms with Crippen LogP contribution in [0.1, 0.15) is 22.0 Å². The fraction of sp³-hybridized carbons (Fsp3) is 0.167. The van der Waals surface area contributed by atoms with E-state index in [0.29, 0.717) is 16.8 Å². The number of ether oxygens (including phenoxy) is 1. The smallest absolute Gasteiger partial charge is 0.419 e. The summed E-state index contributed by atoms with van der Waals surface area (Å²) >= 11 is 0. The third-order valence-electron chi connectivity index (χ3n) is 3.92. The summed E-state index contributed by atoms with van der Waals surface area (Å²) in [6.45, 7) is 0. The maximum absolute atomic E-state index is 12.6. The Kier molecular flexibility index (Phi) is 4.27. The molecule has 0 spiro atoms. The summed E-state index contributed by atoms with van der Waals surface area (Å²) in [6.07, 6.45) is 0. The van der Waals surface area contributed by atoms with E-state index in [4.69, 9.17) is 9.15 Å². The van der Waals surface area contributed by atoms with Crippen molar-refractivity contribution in [3.63, 3.8) is 0 Å². The van der Waals surface area contributed by atoms with E-state index in [-0.39, 0.29) is 11.1 Å². The van der Waals surface area contributed by atoms with Gasteiger partial charge in [0.05, 0.1) is 24.3 Å². The zero-order valence-electron chi connectivity index (χ0n) is 13.6. The number of carbonyl (C=O) groups is 1. The van der Waals surface area contributed by atoms with Gasteiger partial charge in [0.15, 0.2) is 5.58 Å². The molecule has 1 amide bonds. The quantitative estimate of drug-likeness (QED) is 0.786. The van der Waals surface area contributed by atoms with Crippen LogP contribution in [-0.4, -0.2) is 17.6 Å². The largest absolute Gasteiger partial charge is 0.496 e. The lowest BCUT2D eigenvalue weighted by Crippen LogP contribution is -2.28. The molecule has 1 N–H and O–H groups in total. The molecule has 3 aromatic rings. The number of oxazole rings is 1. The first kappa shape index (κ1) is 16.3. The summed E-state index contributed by atoms with van der Waals surface area (Å²) in [5.74, 6) is -0.576. The summed E-state index contributed by atoms with van der Waals surface area (Å²) in [4.78, 5) is 24.3. The Morgan fingerprint density at radius 2 is 2.04 bits per heavy atom. The number of methoxy groups -OCH3 is 1.